The van der Waals surface area contributed by atoms with E-state index < -0.39 is 0 Å². The number of fused-ring (bicyclic) bond motifs is 1. The molecule has 1 N–H and O–H groups in total. The first-order valence-corrected chi connectivity index (χ1v) is 4.94. The predicted molar refractivity (Wildman–Crippen MR) is 59.5 cm³/mol. The fraction of sp³-hybridized carbons (Fsp3) is 0.417. The predicted octanol–water partition coefficient (Wildman–Crippen LogP) is 3.17. The number of nitrogens with zero attached hydrogens (tertiary/aromatic N) is 1. The van der Waals surface area contributed by atoms with Crippen molar-refractivity contribution in [1.29, 1.82) is 0 Å². The van der Waals surface area contributed by atoms with Gasteiger partial charge in [0.2, 0.25) is 0 Å². The van der Waals surface area contributed by atoms with Gasteiger partial charge in [-0.3, -0.25) is 5.10 Å². The molecule has 2 nitrogen and oxygen atoms in total. The van der Waals surface area contributed by atoms with E-state index in [1.165, 1.54) is 16.5 Å². The van der Waals surface area contributed by atoms with Gasteiger partial charge in [0.15, 0.2) is 0 Å². The average Bonchev–Trinajstić information content (AvgIpc) is 2.46. The molecular weight excluding hydrogens is 172 g/mol. The topological polar surface area (TPSA) is 28.7 Å². The van der Waals surface area contributed by atoms with Gasteiger partial charge in [-0.2, -0.15) is 5.10 Å². The van der Waals surface area contributed by atoms with Gasteiger partial charge in [0.1, 0.15) is 0 Å². The lowest BCUT2D eigenvalue weighted by Crippen LogP contribution is -2.11. The summed E-state index contributed by atoms with van der Waals surface area (Å²) in [6.45, 7) is 8.69. The van der Waals surface area contributed by atoms with Crippen molar-refractivity contribution in [1.82, 2.24) is 10.2 Å². The summed E-state index contributed by atoms with van der Waals surface area (Å²) in [6, 6.07) is 6.38. The first-order valence-electron chi connectivity index (χ1n) is 4.94. The van der Waals surface area contributed by atoms with Crippen LogP contribution in [0.5, 0.6) is 0 Å². The maximum Gasteiger partial charge on any atom is 0.0690 e. The van der Waals surface area contributed by atoms with Gasteiger partial charge in [0, 0.05) is 5.39 Å². The number of aromatic nitrogens is 2. The monoisotopic (exact) mass is 188 g/mol. The number of aromatic amines is 1. The standard InChI is InChI=1S/C12H16N2/c1-8-9-6-5-7-10(12(2,3)4)11(9)14-13-8/h5-7H,1-4H3,(H,13,14). The molecule has 0 unspecified atom stereocenters. The van der Waals surface area contributed by atoms with Crippen LogP contribution < -0.4 is 0 Å². The van der Waals surface area contributed by atoms with E-state index in [2.05, 4.69) is 49.2 Å². The fourth-order valence-corrected chi connectivity index (χ4v) is 1.80. The molecule has 1 heterocycles. The van der Waals surface area contributed by atoms with Crippen molar-refractivity contribution in [3.63, 3.8) is 0 Å². The maximum absolute atomic E-state index is 4.24. The number of hydrogen-bond donors (Lipinski definition) is 1. The Morgan fingerprint density at radius 3 is 2.57 bits per heavy atom. The van der Waals surface area contributed by atoms with Crippen molar-refractivity contribution in [2.24, 2.45) is 0 Å². The second-order valence-electron chi connectivity index (χ2n) is 4.79. The Morgan fingerprint density at radius 1 is 1.21 bits per heavy atom. The molecule has 1 aromatic heterocycles. The number of nitrogens with one attached hydrogen (secondary N) is 1. The van der Waals surface area contributed by atoms with Crippen LogP contribution in [-0.4, -0.2) is 10.2 Å². The highest BCUT2D eigenvalue weighted by Crippen LogP contribution is 2.29. The highest BCUT2D eigenvalue weighted by atomic mass is 15.1. The lowest BCUT2D eigenvalue weighted by Gasteiger charge is -2.19. The molecule has 0 spiro atoms. The Hall–Kier alpha value is -1.31. The van der Waals surface area contributed by atoms with Gasteiger partial charge in [-0.15, -0.1) is 0 Å². The maximum atomic E-state index is 4.24. The first-order chi connectivity index (χ1) is 6.50. The van der Waals surface area contributed by atoms with Crippen molar-refractivity contribution in [3.8, 4) is 0 Å². The Labute approximate surface area is 84.3 Å². The van der Waals surface area contributed by atoms with Crippen molar-refractivity contribution in [3.05, 3.63) is 29.5 Å². The minimum Gasteiger partial charge on any atom is -0.277 e. The van der Waals surface area contributed by atoms with Gasteiger partial charge >= 0.3 is 0 Å². The van der Waals surface area contributed by atoms with Crippen LogP contribution in [0.4, 0.5) is 0 Å². The number of benzene rings is 1. The number of para-hydroxylation sites is 1. The summed E-state index contributed by atoms with van der Waals surface area (Å²) in [5, 5.41) is 8.59. The molecule has 0 aliphatic carbocycles. The molecule has 2 rings (SSSR count). The number of hydrogen-bond acceptors (Lipinski definition) is 1. The molecule has 0 radical (unpaired) electrons. The minimum atomic E-state index is 0.165. The SMILES string of the molecule is Cc1n[nH]c2c(C(C)(C)C)cccc12. The van der Waals surface area contributed by atoms with Crippen LogP contribution >= 0.6 is 0 Å². The third-order valence-corrected chi connectivity index (χ3v) is 2.60. The van der Waals surface area contributed by atoms with Crippen LogP contribution in [0, 0.1) is 6.92 Å². The minimum absolute atomic E-state index is 0.165. The lowest BCUT2D eigenvalue weighted by atomic mass is 9.85. The molecule has 0 amide bonds. The van der Waals surface area contributed by atoms with E-state index in [0.29, 0.717) is 0 Å². The van der Waals surface area contributed by atoms with Crippen molar-refractivity contribution >= 4 is 10.9 Å². The molecule has 0 saturated heterocycles. The second kappa shape index (κ2) is 2.84. The molecule has 14 heavy (non-hydrogen) atoms. The largest absolute Gasteiger partial charge is 0.277 e. The number of aryl methyl sites for hydroxylation is 1. The van der Waals surface area contributed by atoms with Crippen LogP contribution in [0.15, 0.2) is 18.2 Å². The average molecular weight is 188 g/mol. The van der Waals surface area contributed by atoms with Crippen LogP contribution in [0.2, 0.25) is 0 Å². The molecule has 0 aliphatic rings. The Balaban J connectivity index is 2.79. The third-order valence-electron chi connectivity index (χ3n) is 2.60. The van der Waals surface area contributed by atoms with E-state index in [4.69, 9.17) is 0 Å². The third kappa shape index (κ3) is 1.31. The van der Waals surface area contributed by atoms with Gasteiger partial charge < -0.3 is 0 Å². The summed E-state index contributed by atoms with van der Waals surface area (Å²) in [5.41, 5.74) is 3.75. The zero-order chi connectivity index (χ0) is 10.3. The molecule has 2 aromatic rings. The molecule has 2 heteroatoms. The van der Waals surface area contributed by atoms with Gasteiger partial charge in [-0.05, 0) is 17.9 Å². The molecule has 74 valence electrons. The van der Waals surface area contributed by atoms with Crippen LogP contribution in [0.25, 0.3) is 10.9 Å². The summed E-state index contributed by atoms with van der Waals surface area (Å²) in [6.07, 6.45) is 0. The quantitative estimate of drug-likeness (QED) is 0.676. The zero-order valence-electron chi connectivity index (χ0n) is 9.18. The van der Waals surface area contributed by atoms with Crippen LogP contribution in [0.3, 0.4) is 0 Å². The van der Waals surface area contributed by atoms with Crippen LogP contribution in [0.1, 0.15) is 32.0 Å². The van der Waals surface area contributed by atoms with E-state index in [1.54, 1.807) is 0 Å². The molecular formula is C12H16N2. The molecule has 0 bridgehead atoms. The molecule has 0 fully saturated rings. The zero-order valence-corrected chi connectivity index (χ0v) is 9.18. The molecule has 0 atom stereocenters. The van der Waals surface area contributed by atoms with E-state index in [1.807, 2.05) is 6.92 Å². The second-order valence-corrected chi connectivity index (χ2v) is 4.79. The van der Waals surface area contributed by atoms with Crippen molar-refractivity contribution in [2.45, 2.75) is 33.1 Å². The van der Waals surface area contributed by atoms with E-state index >= 15 is 0 Å². The highest BCUT2D eigenvalue weighted by molar-refractivity contribution is 5.84. The fourth-order valence-electron chi connectivity index (χ4n) is 1.80. The Bertz CT molecular complexity index is 461. The molecule has 1 aromatic carbocycles. The highest BCUT2D eigenvalue weighted by Gasteiger charge is 2.18. The first kappa shape index (κ1) is 9.25. The van der Waals surface area contributed by atoms with Crippen molar-refractivity contribution < 1.29 is 0 Å². The summed E-state index contributed by atoms with van der Waals surface area (Å²) in [5.74, 6) is 0. The summed E-state index contributed by atoms with van der Waals surface area (Å²) >= 11 is 0. The van der Waals surface area contributed by atoms with E-state index in [9.17, 15) is 0 Å². The summed E-state index contributed by atoms with van der Waals surface area (Å²) in [7, 11) is 0. The molecule has 0 aliphatic heterocycles. The normalized spacial score (nSPS) is 12.3. The van der Waals surface area contributed by atoms with E-state index in [0.717, 1.165) is 5.69 Å². The summed E-state index contributed by atoms with van der Waals surface area (Å²) in [4.78, 5) is 0. The van der Waals surface area contributed by atoms with Crippen molar-refractivity contribution in [2.75, 3.05) is 0 Å². The lowest BCUT2D eigenvalue weighted by molar-refractivity contribution is 0.594. The Morgan fingerprint density at radius 2 is 1.93 bits per heavy atom. The van der Waals surface area contributed by atoms with Gasteiger partial charge in [-0.25, -0.2) is 0 Å². The smallest absolute Gasteiger partial charge is 0.0690 e. The van der Waals surface area contributed by atoms with Gasteiger partial charge in [-0.1, -0.05) is 39.0 Å². The Kier molecular flexibility index (Phi) is 1.88. The summed E-state index contributed by atoms with van der Waals surface area (Å²) < 4.78 is 0. The number of H-pyrrole nitrogens is 1. The van der Waals surface area contributed by atoms with E-state index in [-0.39, 0.29) is 5.41 Å². The van der Waals surface area contributed by atoms with Crippen LogP contribution in [-0.2, 0) is 5.41 Å². The van der Waals surface area contributed by atoms with Gasteiger partial charge in [0.05, 0.1) is 11.2 Å². The molecule has 0 saturated carbocycles. The number of rotatable bonds is 0. The van der Waals surface area contributed by atoms with Gasteiger partial charge in [0.25, 0.3) is 0 Å².